The summed E-state index contributed by atoms with van der Waals surface area (Å²) in [5.41, 5.74) is -10.2. The fourth-order valence-corrected chi connectivity index (χ4v) is 153. The molecule has 0 N–H and O–H groups in total. The molecular weight excluding hydrogens is 506 g/mol. The molecule has 0 saturated carbocycles. The molecule has 93 valence electrons. The fourth-order valence-electron chi connectivity index (χ4n) is 1.02. The number of halogens is 10. The molecule has 1 heterocycles. The second kappa shape index (κ2) is 5.05. The maximum absolute atomic E-state index is 6.24. The van der Waals surface area contributed by atoms with E-state index in [9.17, 15) is 0 Å². The van der Waals surface area contributed by atoms with E-state index in [2.05, 4.69) is 0 Å². The maximum Gasteiger partial charge on any atom is 0.294 e. The molecule has 1 aliphatic heterocycles. The van der Waals surface area contributed by atoms with Gasteiger partial charge in [0.05, 0.1) is 0 Å². The molecular formula is BCl10Si5. The van der Waals surface area contributed by atoms with E-state index in [1.807, 2.05) is 0 Å². The van der Waals surface area contributed by atoms with Crippen LogP contribution in [0.25, 0.3) is 0 Å². The molecule has 16 heavy (non-hydrogen) atoms. The summed E-state index contributed by atoms with van der Waals surface area (Å²) < 4.78 is 0. The van der Waals surface area contributed by atoms with Crippen LogP contribution in [0.1, 0.15) is 0 Å². The third-order valence-electron chi connectivity index (χ3n) is 1.99. The molecule has 0 aromatic rings. The van der Waals surface area contributed by atoms with E-state index in [-0.39, 0.29) is 0 Å². The van der Waals surface area contributed by atoms with Crippen LogP contribution < -0.4 is 0 Å². The average molecular weight is 506 g/mol. The quantitative estimate of drug-likeness (QED) is 0.333. The van der Waals surface area contributed by atoms with Gasteiger partial charge in [0.1, 0.15) is 0 Å². The van der Waals surface area contributed by atoms with Crippen molar-refractivity contribution in [3.05, 3.63) is 0 Å². The van der Waals surface area contributed by atoms with Crippen LogP contribution in [0.5, 0.6) is 0 Å². The van der Waals surface area contributed by atoms with Gasteiger partial charge < -0.3 is 0 Å². The van der Waals surface area contributed by atoms with Crippen LogP contribution in [-0.2, 0) is 0 Å². The van der Waals surface area contributed by atoms with Gasteiger partial charge in [-0.05, 0) is 0 Å². The zero-order valence-corrected chi connectivity index (χ0v) is 19.4. The van der Waals surface area contributed by atoms with E-state index in [0.717, 1.165) is 0 Å². The Morgan fingerprint density at radius 3 is 0.938 bits per heavy atom. The normalized spacial score (nSPS) is 32.9. The van der Waals surface area contributed by atoms with Crippen LogP contribution in [0.4, 0.5) is 0 Å². The number of hydrogen-bond acceptors (Lipinski definition) is 0. The lowest BCUT2D eigenvalue weighted by Crippen LogP contribution is -2.87. The smallest absolute Gasteiger partial charge is 0.157 e. The number of hydrogen-bond donors (Lipinski definition) is 0. The third kappa shape index (κ3) is 2.47. The highest BCUT2D eigenvalue weighted by Crippen LogP contribution is 2.58. The van der Waals surface area contributed by atoms with Crippen molar-refractivity contribution in [1.82, 2.24) is 0 Å². The molecule has 0 atom stereocenters. The zero-order valence-electron chi connectivity index (χ0n) is 6.86. The molecule has 0 aromatic heterocycles. The second-order valence-electron chi connectivity index (χ2n) is 3.11. The van der Waals surface area contributed by atoms with Crippen molar-refractivity contribution in [1.29, 1.82) is 0 Å². The summed E-state index contributed by atoms with van der Waals surface area (Å²) in [6.07, 6.45) is -6.45. The van der Waals surface area contributed by atoms with Crippen LogP contribution in [0.2, 0.25) is 0 Å². The van der Waals surface area contributed by atoms with Crippen molar-refractivity contribution in [2.24, 2.45) is 0 Å². The molecule has 0 aliphatic carbocycles. The van der Waals surface area contributed by atoms with Crippen molar-refractivity contribution in [3.8, 4) is 0 Å². The molecule has 1 saturated heterocycles. The van der Waals surface area contributed by atoms with Gasteiger partial charge in [-0.3, -0.25) is 0 Å². The summed E-state index contributed by atoms with van der Waals surface area (Å²) in [5.74, 6) is 0. The zero-order chi connectivity index (χ0) is 13.2. The first-order chi connectivity index (χ1) is 6.71. The van der Waals surface area contributed by atoms with Gasteiger partial charge in [0, 0.05) is 0 Å². The SMILES string of the molecule is Cl[Si]1(Cl)[B][Si](Cl)(Cl)[Si](Cl)(Cl)[Si](Cl)(Cl)[Si]1(Cl)Cl. The minimum atomic E-state index is -3.47. The van der Waals surface area contributed by atoms with Crippen molar-refractivity contribution in [2.75, 3.05) is 0 Å². The van der Waals surface area contributed by atoms with E-state index in [0.29, 0.717) is 0 Å². The van der Waals surface area contributed by atoms with Gasteiger partial charge in [-0.25, -0.2) is 0 Å². The Bertz CT molecular complexity index is 278. The Hall–Kier alpha value is 4.05. The molecule has 16 heteroatoms. The molecule has 0 spiro atoms. The molecule has 0 nitrogen and oxygen atoms in total. The standard InChI is InChI=1S/BCl10Si5/c2-12(3)1-13(4,5)15(8,9)16(10,11)14(12,6)7. The highest BCUT2D eigenvalue weighted by atomic mass is 35.8. The van der Waals surface area contributed by atoms with E-state index in [4.69, 9.17) is 111 Å². The Kier molecular flexibility index (Phi) is 5.71. The first-order valence-corrected chi connectivity index (χ1v) is 27.7. The first-order valence-electron chi connectivity index (χ1n) is 3.47. The first kappa shape index (κ1) is 18.1. The van der Waals surface area contributed by atoms with Crippen LogP contribution >= 0.6 is 111 Å². The Labute approximate surface area is 144 Å². The summed E-state index contributed by atoms with van der Waals surface area (Å²) in [6.45, 7) is 1.39. The van der Waals surface area contributed by atoms with E-state index >= 15 is 0 Å². The Morgan fingerprint density at radius 2 is 0.688 bits per heavy atom. The Balaban J connectivity index is 3.43. The van der Waals surface area contributed by atoms with Gasteiger partial charge in [0.25, 0.3) is 17.2 Å². The van der Waals surface area contributed by atoms with Crippen molar-refractivity contribution >= 4 is 147 Å². The molecule has 0 unspecified atom stereocenters. The topological polar surface area (TPSA) is 0 Å². The molecule has 1 rings (SSSR count). The molecule has 0 amide bonds. The summed E-state index contributed by atoms with van der Waals surface area (Å²) >= 11 is 61.9. The minimum Gasteiger partial charge on any atom is -0.157 e. The van der Waals surface area contributed by atoms with Gasteiger partial charge in [-0.15, -0.1) is 66.5 Å². The van der Waals surface area contributed by atoms with E-state index in [1.54, 1.807) is 0 Å². The van der Waals surface area contributed by atoms with E-state index < -0.39 is 29.3 Å². The molecule has 1 aliphatic rings. The van der Waals surface area contributed by atoms with Crippen LogP contribution in [0.3, 0.4) is 0 Å². The Morgan fingerprint density at radius 1 is 0.438 bits per heavy atom. The van der Waals surface area contributed by atoms with Crippen LogP contribution in [0, 0.1) is 0 Å². The summed E-state index contributed by atoms with van der Waals surface area (Å²) in [7, 11) is 0. The third-order valence-corrected chi connectivity index (χ3v) is 122. The number of rotatable bonds is 0. The van der Waals surface area contributed by atoms with Gasteiger partial charge in [0.2, 0.25) is 12.2 Å². The largest absolute Gasteiger partial charge is 0.294 e. The van der Waals surface area contributed by atoms with E-state index in [1.165, 1.54) is 6.46 Å². The lowest BCUT2D eigenvalue weighted by atomic mass is 10.7. The molecule has 1 radical (unpaired) electrons. The van der Waals surface area contributed by atoms with Gasteiger partial charge in [0.15, 0.2) is 6.46 Å². The lowest BCUT2D eigenvalue weighted by Gasteiger charge is -2.49. The predicted octanol–water partition coefficient (Wildman–Crippen LogP) is 4.61. The average Bonchev–Trinajstić information content (AvgIpc) is 1.98. The van der Waals surface area contributed by atoms with Crippen molar-refractivity contribution < 1.29 is 0 Å². The highest BCUT2D eigenvalue weighted by molar-refractivity contribution is 8.45. The van der Waals surface area contributed by atoms with Crippen LogP contribution in [0.15, 0.2) is 0 Å². The summed E-state index contributed by atoms with van der Waals surface area (Å²) in [5, 5.41) is 0. The highest BCUT2D eigenvalue weighted by Gasteiger charge is 2.86. The molecule has 0 bridgehead atoms. The maximum atomic E-state index is 6.24. The molecule has 1 fully saturated rings. The van der Waals surface area contributed by atoms with Gasteiger partial charge in [-0.2, -0.15) is 44.3 Å². The fraction of sp³-hybridized carbons (Fsp3) is 0. The van der Waals surface area contributed by atoms with Crippen molar-refractivity contribution in [2.45, 2.75) is 0 Å². The van der Waals surface area contributed by atoms with Crippen LogP contribution in [-0.4, -0.2) is 35.8 Å². The summed E-state index contributed by atoms with van der Waals surface area (Å²) in [4.78, 5) is 0. The second-order valence-corrected chi connectivity index (χ2v) is 68.4. The van der Waals surface area contributed by atoms with Gasteiger partial charge >= 0.3 is 0 Å². The summed E-state index contributed by atoms with van der Waals surface area (Å²) in [6, 6.07) is 0. The van der Waals surface area contributed by atoms with Crippen molar-refractivity contribution in [3.63, 3.8) is 0 Å². The predicted molar refractivity (Wildman–Crippen MR) is 93.1 cm³/mol. The molecule has 0 aromatic carbocycles. The van der Waals surface area contributed by atoms with Gasteiger partial charge in [-0.1, -0.05) is 0 Å². The lowest BCUT2D eigenvalue weighted by molar-refractivity contribution is 3.11. The monoisotopic (exact) mass is 501 g/mol. The minimum absolute atomic E-state index is 1.39.